The van der Waals surface area contributed by atoms with E-state index in [-0.39, 0.29) is 30.6 Å². The summed E-state index contributed by atoms with van der Waals surface area (Å²) in [5, 5.41) is 8.67. The molecule has 1 saturated carbocycles. The maximum atomic E-state index is 13.0. The Morgan fingerprint density at radius 1 is 1.41 bits per heavy atom. The molecule has 0 amide bonds. The number of hydrogen-bond donors (Lipinski definition) is 1. The SMILES string of the molecule is C[C@@]1(c2ccc(Cl)c(C(F)(F)F)c2)C[C@@H](C(=O)O)CCC1=O. The van der Waals surface area contributed by atoms with Gasteiger partial charge >= 0.3 is 12.1 Å². The van der Waals surface area contributed by atoms with Crippen molar-refractivity contribution in [3.8, 4) is 0 Å². The summed E-state index contributed by atoms with van der Waals surface area (Å²) in [7, 11) is 0. The van der Waals surface area contributed by atoms with E-state index in [4.69, 9.17) is 16.7 Å². The van der Waals surface area contributed by atoms with Gasteiger partial charge in [0.15, 0.2) is 0 Å². The van der Waals surface area contributed by atoms with Crippen LogP contribution in [0.5, 0.6) is 0 Å². The van der Waals surface area contributed by atoms with E-state index >= 15 is 0 Å². The molecule has 0 bridgehead atoms. The van der Waals surface area contributed by atoms with Crippen molar-refractivity contribution in [3.05, 3.63) is 34.3 Å². The zero-order valence-corrected chi connectivity index (χ0v) is 12.5. The molecule has 2 rings (SSSR count). The van der Waals surface area contributed by atoms with E-state index in [9.17, 15) is 22.8 Å². The molecule has 0 unspecified atom stereocenters. The number of carbonyl (C=O) groups is 2. The predicted octanol–water partition coefficient (Wildman–Crippen LogP) is 4.07. The molecule has 120 valence electrons. The van der Waals surface area contributed by atoms with Crippen LogP contribution in [0.2, 0.25) is 5.02 Å². The summed E-state index contributed by atoms with van der Waals surface area (Å²) in [6, 6.07) is 3.31. The summed E-state index contributed by atoms with van der Waals surface area (Å²) in [5.41, 5.74) is -2.11. The molecule has 7 heteroatoms. The van der Waals surface area contributed by atoms with E-state index in [1.165, 1.54) is 13.0 Å². The van der Waals surface area contributed by atoms with E-state index in [2.05, 4.69) is 0 Å². The molecule has 2 atom stereocenters. The number of rotatable bonds is 2. The second kappa shape index (κ2) is 5.57. The molecule has 0 aromatic heterocycles. The lowest BCUT2D eigenvalue weighted by Crippen LogP contribution is -2.41. The van der Waals surface area contributed by atoms with Crippen molar-refractivity contribution in [3.63, 3.8) is 0 Å². The highest BCUT2D eigenvalue weighted by Crippen LogP contribution is 2.43. The Morgan fingerprint density at radius 3 is 2.59 bits per heavy atom. The van der Waals surface area contributed by atoms with Crippen LogP contribution >= 0.6 is 11.6 Å². The molecule has 1 fully saturated rings. The number of carboxylic acid groups (broad SMARTS) is 1. The van der Waals surface area contributed by atoms with Gasteiger partial charge in [-0.1, -0.05) is 17.7 Å². The molecule has 0 saturated heterocycles. The monoisotopic (exact) mass is 334 g/mol. The van der Waals surface area contributed by atoms with Gasteiger partial charge in [-0.2, -0.15) is 13.2 Å². The highest BCUT2D eigenvalue weighted by Gasteiger charge is 2.44. The molecular weight excluding hydrogens is 321 g/mol. The maximum absolute atomic E-state index is 13.0. The topological polar surface area (TPSA) is 54.4 Å². The van der Waals surface area contributed by atoms with E-state index in [1.54, 1.807) is 0 Å². The number of carbonyl (C=O) groups excluding carboxylic acids is 1. The van der Waals surface area contributed by atoms with Crippen LogP contribution in [0.3, 0.4) is 0 Å². The van der Waals surface area contributed by atoms with Crippen LogP contribution in [0.25, 0.3) is 0 Å². The van der Waals surface area contributed by atoms with Gasteiger partial charge in [0.05, 0.1) is 21.9 Å². The van der Waals surface area contributed by atoms with Crippen molar-refractivity contribution in [2.24, 2.45) is 5.92 Å². The summed E-state index contributed by atoms with van der Waals surface area (Å²) >= 11 is 5.58. The average molecular weight is 335 g/mol. The van der Waals surface area contributed by atoms with Gasteiger partial charge in [-0.05, 0) is 37.5 Å². The Morgan fingerprint density at radius 2 is 2.05 bits per heavy atom. The van der Waals surface area contributed by atoms with Gasteiger partial charge in [-0.15, -0.1) is 0 Å². The Labute approximate surface area is 130 Å². The molecule has 0 spiro atoms. The van der Waals surface area contributed by atoms with Crippen LogP contribution < -0.4 is 0 Å². The largest absolute Gasteiger partial charge is 0.481 e. The Kier molecular flexibility index (Phi) is 4.26. The summed E-state index contributed by atoms with van der Waals surface area (Å²) in [6.45, 7) is 1.49. The minimum absolute atomic E-state index is 0.0138. The number of alkyl halides is 3. The van der Waals surface area contributed by atoms with Gasteiger partial charge in [0.1, 0.15) is 5.78 Å². The standard InChI is InChI=1S/C15H14ClF3O3/c1-14(7-8(13(21)22)2-5-12(14)20)9-3-4-11(16)10(6-9)15(17,18)19/h3-4,6,8H,2,5,7H2,1H3,(H,21,22)/t8-,14-/m0/s1. The van der Waals surface area contributed by atoms with Crippen molar-refractivity contribution in [2.75, 3.05) is 0 Å². The van der Waals surface area contributed by atoms with E-state index in [1.807, 2.05) is 0 Å². The fraction of sp³-hybridized carbons (Fsp3) is 0.467. The van der Waals surface area contributed by atoms with Crippen LogP contribution in [0.4, 0.5) is 13.2 Å². The molecule has 1 aliphatic rings. The number of ketones is 1. The highest BCUT2D eigenvalue weighted by atomic mass is 35.5. The van der Waals surface area contributed by atoms with Gasteiger partial charge < -0.3 is 5.11 Å². The smallest absolute Gasteiger partial charge is 0.417 e. The fourth-order valence-corrected chi connectivity index (χ4v) is 3.09. The lowest BCUT2D eigenvalue weighted by molar-refractivity contribution is -0.145. The van der Waals surface area contributed by atoms with E-state index in [0.29, 0.717) is 0 Å². The first-order chi connectivity index (χ1) is 10.1. The van der Waals surface area contributed by atoms with Crippen LogP contribution in [0, 0.1) is 5.92 Å². The Balaban J connectivity index is 2.48. The van der Waals surface area contributed by atoms with Crippen molar-refractivity contribution < 1.29 is 27.9 Å². The first kappa shape index (κ1) is 16.8. The second-order valence-corrected chi connectivity index (χ2v) is 6.13. The van der Waals surface area contributed by atoms with Gasteiger partial charge in [0, 0.05) is 6.42 Å². The normalized spacial score (nSPS) is 26.0. The quantitative estimate of drug-likeness (QED) is 0.887. The molecule has 0 radical (unpaired) electrons. The third-order valence-corrected chi connectivity index (χ3v) is 4.58. The van der Waals surface area contributed by atoms with Gasteiger partial charge in [-0.25, -0.2) is 0 Å². The molecule has 0 aliphatic heterocycles. The van der Waals surface area contributed by atoms with Crippen molar-refractivity contribution >= 4 is 23.4 Å². The fourth-order valence-electron chi connectivity index (χ4n) is 2.87. The molecule has 1 aromatic carbocycles. The van der Waals surface area contributed by atoms with Crippen LogP contribution in [0.15, 0.2) is 18.2 Å². The zero-order chi connectivity index (χ0) is 16.7. The lowest BCUT2D eigenvalue weighted by atomic mass is 9.66. The first-order valence-corrected chi connectivity index (χ1v) is 7.07. The Hall–Kier alpha value is -1.56. The minimum atomic E-state index is -4.63. The summed E-state index contributed by atoms with van der Waals surface area (Å²) in [4.78, 5) is 23.4. The average Bonchev–Trinajstić information content (AvgIpc) is 2.40. The zero-order valence-electron chi connectivity index (χ0n) is 11.7. The third-order valence-electron chi connectivity index (χ3n) is 4.25. The van der Waals surface area contributed by atoms with Crippen molar-refractivity contribution in [1.29, 1.82) is 0 Å². The third kappa shape index (κ3) is 2.97. The van der Waals surface area contributed by atoms with E-state index < -0.39 is 34.1 Å². The van der Waals surface area contributed by atoms with Gasteiger partial charge in [0.2, 0.25) is 0 Å². The number of benzene rings is 1. The van der Waals surface area contributed by atoms with E-state index in [0.717, 1.165) is 12.1 Å². The van der Waals surface area contributed by atoms with Crippen LogP contribution in [0.1, 0.15) is 37.3 Å². The van der Waals surface area contributed by atoms with Crippen LogP contribution in [-0.4, -0.2) is 16.9 Å². The molecule has 3 nitrogen and oxygen atoms in total. The first-order valence-electron chi connectivity index (χ1n) is 6.69. The number of Topliss-reactive ketones (excluding diaryl/α,β-unsaturated/α-hetero) is 1. The molecule has 1 aliphatic carbocycles. The number of halogens is 4. The molecule has 1 aromatic rings. The molecular formula is C15H14ClF3O3. The van der Waals surface area contributed by atoms with Gasteiger partial charge in [-0.3, -0.25) is 9.59 Å². The number of hydrogen-bond acceptors (Lipinski definition) is 2. The number of aliphatic carboxylic acids is 1. The van der Waals surface area contributed by atoms with Gasteiger partial charge in [0.25, 0.3) is 0 Å². The summed E-state index contributed by atoms with van der Waals surface area (Å²) < 4.78 is 38.9. The van der Waals surface area contributed by atoms with Crippen LogP contribution in [-0.2, 0) is 21.2 Å². The second-order valence-electron chi connectivity index (χ2n) is 5.73. The Bertz CT molecular complexity index is 627. The molecule has 22 heavy (non-hydrogen) atoms. The predicted molar refractivity (Wildman–Crippen MR) is 73.8 cm³/mol. The maximum Gasteiger partial charge on any atom is 0.417 e. The molecule has 0 heterocycles. The lowest BCUT2D eigenvalue weighted by Gasteiger charge is -2.36. The summed E-state index contributed by atoms with van der Waals surface area (Å²) in [6.07, 6.45) is -4.39. The summed E-state index contributed by atoms with van der Waals surface area (Å²) in [5.74, 6) is -2.03. The highest BCUT2D eigenvalue weighted by molar-refractivity contribution is 6.31. The van der Waals surface area contributed by atoms with Crippen molar-refractivity contribution in [1.82, 2.24) is 0 Å². The minimum Gasteiger partial charge on any atom is -0.481 e. The number of carboxylic acids is 1. The van der Waals surface area contributed by atoms with Crippen molar-refractivity contribution in [2.45, 2.75) is 37.8 Å². The molecule has 1 N–H and O–H groups in total.